The number of rotatable bonds is 4. The predicted octanol–water partition coefficient (Wildman–Crippen LogP) is 1.81. The van der Waals surface area contributed by atoms with Crippen LogP contribution in [0.15, 0.2) is 0 Å². The zero-order valence-corrected chi connectivity index (χ0v) is 13.0. The van der Waals surface area contributed by atoms with Crippen LogP contribution in [0.5, 0.6) is 0 Å². The van der Waals surface area contributed by atoms with E-state index in [1.807, 2.05) is 0 Å². The highest BCUT2D eigenvalue weighted by Gasteiger charge is 2.27. The van der Waals surface area contributed by atoms with Crippen molar-refractivity contribution < 1.29 is 8.42 Å². The Labute approximate surface area is 112 Å². The molecule has 4 nitrogen and oxygen atoms in total. The SMILES string of the molecule is CC(C)(C)CC(N)CC1CCCN(S(C)(=O)=O)C1. The lowest BCUT2D eigenvalue weighted by Crippen LogP contribution is -2.41. The normalized spacial score (nSPS) is 25.1. The Balaban J connectivity index is 2.48. The summed E-state index contributed by atoms with van der Waals surface area (Å²) in [6.07, 6.45) is 5.28. The second kappa shape index (κ2) is 5.88. The first-order chi connectivity index (χ1) is 8.08. The summed E-state index contributed by atoms with van der Waals surface area (Å²) in [4.78, 5) is 0. The highest BCUT2D eigenvalue weighted by atomic mass is 32.2. The first-order valence-electron chi connectivity index (χ1n) is 6.78. The van der Waals surface area contributed by atoms with Crippen LogP contribution in [0.25, 0.3) is 0 Å². The van der Waals surface area contributed by atoms with Crippen molar-refractivity contribution in [3.8, 4) is 0 Å². The number of sulfonamides is 1. The van der Waals surface area contributed by atoms with Crippen molar-refractivity contribution in [2.24, 2.45) is 17.1 Å². The predicted molar refractivity (Wildman–Crippen MR) is 75.8 cm³/mol. The van der Waals surface area contributed by atoms with Gasteiger partial charge in [0.05, 0.1) is 6.26 Å². The van der Waals surface area contributed by atoms with Gasteiger partial charge in [-0.05, 0) is 37.0 Å². The first kappa shape index (κ1) is 15.9. The van der Waals surface area contributed by atoms with E-state index in [0.29, 0.717) is 19.0 Å². The van der Waals surface area contributed by atoms with Crippen LogP contribution in [0, 0.1) is 11.3 Å². The van der Waals surface area contributed by atoms with Gasteiger partial charge in [-0.15, -0.1) is 0 Å². The fourth-order valence-electron chi connectivity index (χ4n) is 2.82. The number of hydrogen-bond acceptors (Lipinski definition) is 3. The Hall–Kier alpha value is -0.130. The van der Waals surface area contributed by atoms with Crippen molar-refractivity contribution in [1.29, 1.82) is 0 Å². The smallest absolute Gasteiger partial charge is 0.211 e. The maximum atomic E-state index is 11.5. The third-order valence-corrected chi connectivity index (χ3v) is 4.73. The average Bonchev–Trinajstić information content (AvgIpc) is 2.13. The number of nitrogens with two attached hydrogens (primary N) is 1. The Bertz CT molecular complexity index is 360. The molecule has 0 aliphatic carbocycles. The van der Waals surface area contributed by atoms with Crippen LogP contribution in [0.2, 0.25) is 0 Å². The molecule has 1 rings (SSSR count). The average molecular weight is 276 g/mol. The molecule has 5 heteroatoms. The molecule has 1 aliphatic heterocycles. The topological polar surface area (TPSA) is 63.4 Å². The Morgan fingerprint density at radius 2 is 2.00 bits per heavy atom. The Morgan fingerprint density at radius 1 is 1.39 bits per heavy atom. The van der Waals surface area contributed by atoms with E-state index < -0.39 is 10.0 Å². The number of nitrogens with zero attached hydrogens (tertiary/aromatic N) is 1. The number of piperidine rings is 1. The second-order valence-electron chi connectivity index (χ2n) is 6.89. The minimum atomic E-state index is -3.04. The fraction of sp³-hybridized carbons (Fsp3) is 1.00. The van der Waals surface area contributed by atoms with Crippen molar-refractivity contribution in [1.82, 2.24) is 4.31 Å². The molecule has 1 heterocycles. The maximum absolute atomic E-state index is 11.5. The number of hydrogen-bond donors (Lipinski definition) is 1. The van der Waals surface area contributed by atoms with E-state index in [1.165, 1.54) is 6.26 Å². The highest BCUT2D eigenvalue weighted by Crippen LogP contribution is 2.27. The summed E-state index contributed by atoms with van der Waals surface area (Å²) in [6.45, 7) is 7.89. The summed E-state index contributed by atoms with van der Waals surface area (Å²) >= 11 is 0. The molecule has 1 fully saturated rings. The van der Waals surface area contributed by atoms with Crippen molar-refractivity contribution in [3.63, 3.8) is 0 Å². The van der Waals surface area contributed by atoms with E-state index >= 15 is 0 Å². The molecule has 0 amide bonds. The van der Waals surface area contributed by atoms with Crippen molar-refractivity contribution in [2.45, 2.75) is 52.5 Å². The molecule has 18 heavy (non-hydrogen) atoms. The van der Waals surface area contributed by atoms with Crippen LogP contribution >= 0.6 is 0 Å². The second-order valence-corrected chi connectivity index (χ2v) is 8.87. The third-order valence-electron chi connectivity index (χ3n) is 3.46. The van der Waals surface area contributed by atoms with Crippen LogP contribution < -0.4 is 5.73 Å². The molecular weight excluding hydrogens is 248 g/mol. The van der Waals surface area contributed by atoms with E-state index in [0.717, 1.165) is 25.7 Å². The molecule has 1 saturated heterocycles. The Kier molecular flexibility index (Phi) is 5.21. The van der Waals surface area contributed by atoms with Gasteiger partial charge in [-0.1, -0.05) is 20.8 Å². The molecule has 0 radical (unpaired) electrons. The van der Waals surface area contributed by atoms with Crippen LogP contribution in [-0.2, 0) is 10.0 Å². The molecule has 2 N–H and O–H groups in total. The first-order valence-corrected chi connectivity index (χ1v) is 8.63. The zero-order chi connectivity index (χ0) is 14.0. The summed E-state index contributed by atoms with van der Waals surface area (Å²) in [5, 5.41) is 0. The standard InChI is InChI=1S/C13H28N2O2S/c1-13(2,3)9-12(14)8-11-6-5-7-15(10-11)18(4,16)17/h11-12H,5-10,14H2,1-4H3. The van der Waals surface area contributed by atoms with Crippen LogP contribution in [0.3, 0.4) is 0 Å². The zero-order valence-electron chi connectivity index (χ0n) is 12.1. The van der Waals surface area contributed by atoms with Gasteiger partial charge >= 0.3 is 0 Å². The molecule has 0 spiro atoms. The molecular formula is C13H28N2O2S. The summed E-state index contributed by atoms with van der Waals surface area (Å²) in [5.41, 5.74) is 6.42. The lowest BCUT2D eigenvalue weighted by molar-refractivity contribution is 0.228. The van der Waals surface area contributed by atoms with Crippen molar-refractivity contribution in [3.05, 3.63) is 0 Å². The maximum Gasteiger partial charge on any atom is 0.211 e. The van der Waals surface area contributed by atoms with Gasteiger partial charge in [0.15, 0.2) is 0 Å². The van der Waals surface area contributed by atoms with Gasteiger partial charge in [0, 0.05) is 19.1 Å². The quantitative estimate of drug-likeness (QED) is 0.852. The molecule has 2 unspecified atom stereocenters. The van der Waals surface area contributed by atoms with Crippen molar-refractivity contribution >= 4 is 10.0 Å². The lowest BCUT2D eigenvalue weighted by Gasteiger charge is -2.33. The summed E-state index contributed by atoms with van der Waals surface area (Å²) in [5.74, 6) is 0.422. The van der Waals surface area contributed by atoms with E-state index in [-0.39, 0.29) is 11.5 Å². The van der Waals surface area contributed by atoms with Gasteiger partial charge in [-0.25, -0.2) is 12.7 Å². The van der Waals surface area contributed by atoms with Gasteiger partial charge in [0.1, 0.15) is 0 Å². The van der Waals surface area contributed by atoms with Crippen molar-refractivity contribution in [2.75, 3.05) is 19.3 Å². The van der Waals surface area contributed by atoms with Crippen LogP contribution in [0.4, 0.5) is 0 Å². The molecule has 1 aliphatic rings. The molecule has 108 valence electrons. The largest absolute Gasteiger partial charge is 0.328 e. The summed E-state index contributed by atoms with van der Waals surface area (Å²) < 4.78 is 24.7. The highest BCUT2D eigenvalue weighted by molar-refractivity contribution is 7.88. The summed E-state index contributed by atoms with van der Waals surface area (Å²) in [7, 11) is -3.04. The van der Waals surface area contributed by atoms with Gasteiger partial charge in [-0.2, -0.15) is 0 Å². The van der Waals surface area contributed by atoms with Crippen LogP contribution in [0.1, 0.15) is 46.5 Å². The summed E-state index contributed by atoms with van der Waals surface area (Å²) in [6, 6.07) is 0.175. The minimum Gasteiger partial charge on any atom is -0.328 e. The van der Waals surface area contributed by atoms with E-state index in [2.05, 4.69) is 20.8 Å². The molecule has 0 bridgehead atoms. The molecule has 0 aromatic carbocycles. The van der Waals surface area contributed by atoms with Gasteiger partial charge in [0.25, 0.3) is 0 Å². The van der Waals surface area contributed by atoms with Gasteiger partial charge < -0.3 is 5.73 Å². The molecule has 0 aromatic rings. The third kappa shape index (κ3) is 5.67. The monoisotopic (exact) mass is 276 g/mol. The lowest BCUT2D eigenvalue weighted by atomic mass is 9.83. The van der Waals surface area contributed by atoms with E-state index in [4.69, 9.17) is 5.73 Å². The molecule has 0 aromatic heterocycles. The van der Waals surface area contributed by atoms with Gasteiger partial charge in [0.2, 0.25) is 10.0 Å². The van der Waals surface area contributed by atoms with E-state index in [9.17, 15) is 8.42 Å². The fourth-order valence-corrected chi connectivity index (χ4v) is 3.76. The van der Waals surface area contributed by atoms with E-state index in [1.54, 1.807) is 4.31 Å². The Morgan fingerprint density at radius 3 is 2.50 bits per heavy atom. The van der Waals surface area contributed by atoms with Gasteiger partial charge in [-0.3, -0.25) is 0 Å². The van der Waals surface area contributed by atoms with Crippen LogP contribution in [-0.4, -0.2) is 38.1 Å². The molecule has 0 saturated carbocycles. The minimum absolute atomic E-state index is 0.175. The molecule has 2 atom stereocenters.